The van der Waals surface area contributed by atoms with Crippen molar-refractivity contribution >= 4 is 17.7 Å². The molecule has 9 heteroatoms. The van der Waals surface area contributed by atoms with Crippen LogP contribution in [0.25, 0.3) is 0 Å². The normalized spacial score (nSPS) is 15.3. The monoisotopic (exact) mass is 504 g/mol. The second-order valence-corrected chi connectivity index (χ2v) is 9.48. The second kappa shape index (κ2) is 11.2. The van der Waals surface area contributed by atoms with Gasteiger partial charge in [-0.2, -0.15) is 10.5 Å². The molecule has 3 rings (SSSR count). The molecule has 1 aromatic heterocycles. The molecule has 1 aliphatic rings. The Kier molecular flexibility index (Phi) is 8.29. The van der Waals surface area contributed by atoms with E-state index in [0.29, 0.717) is 21.9 Å². The van der Waals surface area contributed by atoms with E-state index in [1.54, 1.807) is 45.2 Å². The van der Waals surface area contributed by atoms with E-state index < -0.39 is 18.0 Å². The summed E-state index contributed by atoms with van der Waals surface area (Å²) in [6, 6.07) is 11.4. The van der Waals surface area contributed by atoms with E-state index in [0.717, 1.165) is 16.8 Å². The molecule has 8 nitrogen and oxygen atoms in total. The van der Waals surface area contributed by atoms with Gasteiger partial charge in [-0.25, -0.2) is 9.78 Å². The molecule has 2 aromatic rings. The molecule has 2 N–H and O–H groups in total. The number of esters is 1. The topological polar surface area (TPSA) is 131 Å². The summed E-state index contributed by atoms with van der Waals surface area (Å²) < 4.78 is 16.6. The van der Waals surface area contributed by atoms with Crippen molar-refractivity contribution < 1.29 is 19.0 Å². The third-order valence-electron chi connectivity index (χ3n) is 5.92. The molecular weight excluding hydrogens is 476 g/mol. The number of nitrogens with two attached hydrogens (primary N) is 1. The van der Waals surface area contributed by atoms with Gasteiger partial charge in [-0.05, 0) is 63.4 Å². The summed E-state index contributed by atoms with van der Waals surface area (Å²) in [5.74, 6) is -0.442. The van der Waals surface area contributed by atoms with E-state index in [4.69, 9.17) is 19.9 Å². The number of rotatable bonds is 7. The van der Waals surface area contributed by atoms with Gasteiger partial charge >= 0.3 is 5.97 Å². The molecule has 186 valence electrons. The van der Waals surface area contributed by atoms with Crippen LogP contribution in [0.1, 0.15) is 47.7 Å². The van der Waals surface area contributed by atoms with Gasteiger partial charge in [-0.3, -0.25) is 0 Å². The third kappa shape index (κ3) is 5.32. The molecule has 1 atom stereocenters. The highest BCUT2D eigenvalue weighted by Gasteiger charge is 2.38. The van der Waals surface area contributed by atoms with E-state index in [1.165, 1.54) is 11.8 Å². The maximum atomic E-state index is 13.3. The van der Waals surface area contributed by atoms with E-state index in [2.05, 4.69) is 17.1 Å². The zero-order chi connectivity index (χ0) is 26.6. The number of hydrogen-bond donors (Lipinski definition) is 1. The Bertz CT molecular complexity index is 1330. The van der Waals surface area contributed by atoms with Crippen molar-refractivity contribution in [2.24, 2.45) is 5.73 Å². The van der Waals surface area contributed by atoms with Crippen LogP contribution < -0.4 is 10.5 Å². The van der Waals surface area contributed by atoms with Crippen LogP contribution in [0.2, 0.25) is 0 Å². The van der Waals surface area contributed by atoms with Crippen molar-refractivity contribution in [1.82, 2.24) is 4.98 Å². The highest BCUT2D eigenvalue weighted by Crippen LogP contribution is 2.42. The lowest BCUT2D eigenvalue weighted by Crippen LogP contribution is -2.28. The van der Waals surface area contributed by atoms with Crippen LogP contribution in [0.4, 0.5) is 0 Å². The van der Waals surface area contributed by atoms with Gasteiger partial charge in [-0.1, -0.05) is 23.9 Å². The minimum Gasteiger partial charge on any atom is -0.497 e. The van der Waals surface area contributed by atoms with Crippen molar-refractivity contribution in [1.29, 1.82) is 10.5 Å². The number of carbonyl (C=O) groups is 1. The average Bonchev–Trinajstić information content (AvgIpc) is 2.85. The van der Waals surface area contributed by atoms with Gasteiger partial charge < -0.3 is 19.9 Å². The number of methoxy groups -OCH3 is 1. The van der Waals surface area contributed by atoms with E-state index in [-0.39, 0.29) is 28.5 Å². The van der Waals surface area contributed by atoms with Crippen molar-refractivity contribution in [3.63, 3.8) is 0 Å². The number of ether oxygens (including phenoxy) is 3. The summed E-state index contributed by atoms with van der Waals surface area (Å²) in [7, 11) is 1.56. The lowest BCUT2D eigenvalue weighted by atomic mass is 9.83. The number of thioether (sulfide) groups is 1. The number of allylic oxidation sites excluding steroid dienone is 1. The first-order valence-corrected chi connectivity index (χ1v) is 12.3. The van der Waals surface area contributed by atoms with E-state index >= 15 is 0 Å². The fraction of sp³-hybridized carbons (Fsp3) is 0.333. The second-order valence-electron chi connectivity index (χ2n) is 8.52. The number of aromatic nitrogens is 1. The van der Waals surface area contributed by atoms with Crippen LogP contribution in [0, 0.1) is 43.4 Å². The highest BCUT2D eigenvalue weighted by molar-refractivity contribution is 7.99. The van der Waals surface area contributed by atoms with Crippen LogP contribution in [0.3, 0.4) is 0 Å². The van der Waals surface area contributed by atoms with Crippen LogP contribution in [0.5, 0.6) is 5.75 Å². The molecule has 1 aliphatic heterocycles. The summed E-state index contributed by atoms with van der Waals surface area (Å²) in [4.78, 5) is 17.9. The fourth-order valence-corrected chi connectivity index (χ4v) is 4.86. The lowest BCUT2D eigenvalue weighted by molar-refractivity contribution is -0.143. The number of benzene rings is 1. The number of pyridine rings is 1. The van der Waals surface area contributed by atoms with Gasteiger partial charge in [0.25, 0.3) is 0 Å². The number of nitrogens with zero attached hydrogens (tertiary/aromatic N) is 3. The molecule has 0 saturated carbocycles. The Hall–Kier alpha value is -3.95. The van der Waals surface area contributed by atoms with Gasteiger partial charge in [0.15, 0.2) is 0 Å². The number of aryl methyl sites for hydroxylation is 1. The van der Waals surface area contributed by atoms with Crippen molar-refractivity contribution in [2.45, 2.75) is 51.7 Å². The molecule has 36 heavy (non-hydrogen) atoms. The predicted octanol–water partition coefficient (Wildman–Crippen LogP) is 4.69. The smallest absolute Gasteiger partial charge is 0.338 e. The first-order chi connectivity index (χ1) is 17.1. The van der Waals surface area contributed by atoms with Crippen LogP contribution >= 0.6 is 11.8 Å². The highest BCUT2D eigenvalue weighted by atomic mass is 32.2. The quantitative estimate of drug-likeness (QED) is 0.421. The molecule has 0 amide bonds. The van der Waals surface area contributed by atoms with E-state index in [1.807, 2.05) is 20.8 Å². The number of nitriles is 2. The molecule has 0 bridgehead atoms. The largest absolute Gasteiger partial charge is 0.497 e. The minimum absolute atomic E-state index is 0.0836. The molecule has 0 saturated heterocycles. The Balaban J connectivity index is 2.13. The maximum Gasteiger partial charge on any atom is 0.338 e. The Labute approximate surface area is 215 Å². The van der Waals surface area contributed by atoms with Crippen LogP contribution in [-0.2, 0) is 14.3 Å². The summed E-state index contributed by atoms with van der Waals surface area (Å²) in [5, 5.41) is 20.2. The third-order valence-corrected chi connectivity index (χ3v) is 6.90. The fourth-order valence-electron chi connectivity index (χ4n) is 3.84. The van der Waals surface area contributed by atoms with Crippen molar-refractivity contribution in [2.75, 3.05) is 12.9 Å². The molecule has 0 aliphatic carbocycles. The summed E-state index contributed by atoms with van der Waals surface area (Å²) in [6.07, 6.45) is -0.390. The number of hydrogen-bond acceptors (Lipinski definition) is 9. The average molecular weight is 505 g/mol. The molecule has 2 heterocycles. The zero-order valence-corrected chi connectivity index (χ0v) is 21.9. The summed E-state index contributed by atoms with van der Waals surface area (Å²) >= 11 is 1.26. The molecule has 0 unspecified atom stereocenters. The minimum atomic E-state index is -0.790. The first kappa shape index (κ1) is 26.7. The van der Waals surface area contributed by atoms with Gasteiger partial charge in [-0.15, -0.1) is 0 Å². The van der Waals surface area contributed by atoms with Gasteiger partial charge in [0, 0.05) is 5.69 Å². The van der Waals surface area contributed by atoms with Gasteiger partial charge in [0.2, 0.25) is 5.88 Å². The molecule has 0 radical (unpaired) electrons. The maximum absolute atomic E-state index is 13.3. The molecule has 0 spiro atoms. The van der Waals surface area contributed by atoms with E-state index in [9.17, 15) is 15.3 Å². The molecule has 1 aromatic carbocycles. The standard InChI is InChI=1S/C27H28N4O4S/c1-14(2)34-27(32)24-22(13-36-26-20(11-28)16(4)15(3)17(5)31-26)35-25(30)21(12-29)23(24)18-7-9-19(33-6)10-8-18/h7-10,14,23H,13,30H2,1-6H3/t23-/m1/s1. The SMILES string of the molecule is COc1ccc([C@@H]2C(C#N)=C(N)OC(CSc3nc(C)c(C)c(C)c3C#N)=C2C(=O)OC(C)C)cc1. The Morgan fingerprint density at radius 2 is 1.83 bits per heavy atom. The lowest BCUT2D eigenvalue weighted by Gasteiger charge is -2.28. The zero-order valence-electron chi connectivity index (χ0n) is 21.1. The van der Waals surface area contributed by atoms with Gasteiger partial charge in [0.05, 0.1) is 36.0 Å². The van der Waals surface area contributed by atoms with Crippen molar-refractivity contribution in [3.8, 4) is 17.9 Å². The molecule has 0 fully saturated rings. The predicted molar refractivity (Wildman–Crippen MR) is 136 cm³/mol. The van der Waals surface area contributed by atoms with Gasteiger partial charge in [0.1, 0.15) is 34.2 Å². The Morgan fingerprint density at radius 3 is 2.39 bits per heavy atom. The van der Waals surface area contributed by atoms with Crippen molar-refractivity contribution in [3.05, 3.63) is 75.0 Å². The van der Waals surface area contributed by atoms with Crippen LogP contribution in [-0.4, -0.2) is 29.9 Å². The molecular formula is C27H28N4O4S. The summed E-state index contributed by atoms with van der Waals surface area (Å²) in [5.41, 5.74) is 10.2. The van der Waals surface area contributed by atoms with Crippen LogP contribution in [0.15, 0.2) is 52.1 Å². The first-order valence-electron chi connectivity index (χ1n) is 11.3. The number of carbonyl (C=O) groups excluding carboxylic acids is 1. The Morgan fingerprint density at radius 1 is 1.17 bits per heavy atom. The summed E-state index contributed by atoms with van der Waals surface area (Å²) in [6.45, 7) is 9.18.